The standard InChI is InChI=1S/C38H58O2/c1-7-11-29(26(2)3)15-14-27(4)33-18-19-34-32-17-16-30-25-31(40-36(39)24-28-12-9-8-10-13-28)20-22-37(30,5)35(32)21-23-38(33,34)6/h8-10,12-13,16,26-27,29,31-35H,7,11,14-15,17-25H2,1-6H3/t27-,29-,31+,32+,33-,34+,35+,37+,38-/m1/s1. The van der Waals surface area contributed by atoms with Crippen molar-refractivity contribution < 1.29 is 9.53 Å². The zero-order chi connectivity index (χ0) is 28.5. The Labute approximate surface area is 246 Å². The summed E-state index contributed by atoms with van der Waals surface area (Å²) in [6, 6.07) is 10.0. The first-order valence-corrected chi connectivity index (χ1v) is 17.1. The van der Waals surface area contributed by atoms with E-state index in [1.165, 1.54) is 64.2 Å². The van der Waals surface area contributed by atoms with E-state index < -0.39 is 0 Å². The lowest BCUT2D eigenvalue weighted by Crippen LogP contribution is -2.51. The van der Waals surface area contributed by atoms with Gasteiger partial charge in [0.2, 0.25) is 0 Å². The summed E-state index contributed by atoms with van der Waals surface area (Å²) in [5, 5.41) is 0. The molecule has 3 saturated carbocycles. The van der Waals surface area contributed by atoms with Crippen molar-refractivity contribution in [2.45, 2.75) is 131 Å². The fraction of sp³-hybridized carbons (Fsp3) is 0.763. The number of fused-ring (bicyclic) bond motifs is 5. The molecule has 0 heterocycles. The molecule has 40 heavy (non-hydrogen) atoms. The molecule has 0 aliphatic heterocycles. The Balaban J connectivity index is 1.21. The van der Waals surface area contributed by atoms with Crippen molar-refractivity contribution in [3.8, 4) is 0 Å². The SMILES string of the molecule is CCC[C@H](CC[C@@H](C)[C@H]1CC[C@H]2[C@@H]3CC=C4C[C@@H](OC(=O)Cc5ccccc5)CC[C@]4(C)[C@H]3CC[C@]12C)C(C)C. The summed E-state index contributed by atoms with van der Waals surface area (Å²) in [7, 11) is 0. The molecule has 2 nitrogen and oxygen atoms in total. The zero-order valence-electron chi connectivity index (χ0n) is 26.6. The summed E-state index contributed by atoms with van der Waals surface area (Å²) < 4.78 is 6.04. The van der Waals surface area contributed by atoms with Crippen LogP contribution in [0.4, 0.5) is 0 Å². The Kier molecular flexibility index (Phi) is 9.23. The molecule has 0 aromatic heterocycles. The second kappa shape index (κ2) is 12.3. The average Bonchev–Trinajstić information content (AvgIpc) is 3.28. The van der Waals surface area contributed by atoms with E-state index in [-0.39, 0.29) is 12.1 Å². The highest BCUT2D eigenvalue weighted by molar-refractivity contribution is 5.72. The smallest absolute Gasteiger partial charge is 0.310 e. The van der Waals surface area contributed by atoms with Gasteiger partial charge in [0, 0.05) is 6.42 Å². The van der Waals surface area contributed by atoms with Crippen molar-refractivity contribution in [3.63, 3.8) is 0 Å². The minimum atomic E-state index is -0.0666. The lowest BCUT2D eigenvalue weighted by molar-refractivity contribution is -0.150. The van der Waals surface area contributed by atoms with Gasteiger partial charge in [-0.15, -0.1) is 0 Å². The molecule has 0 unspecified atom stereocenters. The molecule has 2 heteroatoms. The third-order valence-electron chi connectivity index (χ3n) is 12.9. The van der Waals surface area contributed by atoms with Crippen molar-refractivity contribution in [2.24, 2.45) is 52.3 Å². The van der Waals surface area contributed by atoms with Crippen LogP contribution in [0.25, 0.3) is 0 Å². The number of hydrogen-bond acceptors (Lipinski definition) is 2. The summed E-state index contributed by atoms with van der Waals surface area (Å²) in [4.78, 5) is 12.7. The molecular formula is C38H58O2. The maximum atomic E-state index is 12.7. The molecule has 1 aromatic carbocycles. The third-order valence-corrected chi connectivity index (χ3v) is 12.9. The highest BCUT2D eigenvalue weighted by Gasteiger charge is 2.59. The Hall–Kier alpha value is -1.57. The van der Waals surface area contributed by atoms with Crippen LogP contribution in [0.1, 0.15) is 124 Å². The summed E-state index contributed by atoms with van der Waals surface area (Å²) >= 11 is 0. The van der Waals surface area contributed by atoms with Gasteiger partial charge in [0.15, 0.2) is 0 Å². The summed E-state index contributed by atoms with van der Waals surface area (Å²) in [6.45, 7) is 15.1. The lowest BCUT2D eigenvalue weighted by atomic mass is 9.47. The Morgan fingerprint density at radius 2 is 1.73 bits per heavy atom. The first-order valence-electron chi connectivity index (χ1n) is 17.1. The lowest BCUT2D eigenvalue weighted by Gasteiger charge is -2.58. The van der Waals surface area contributed by atoms with Gasteiger partial charge in [-0.3, -0.25) is 4.79 Å². The number of rotatable bonds is 10. The number of carbonyl (C=O) groups is 1. The van der Waals surface area contributed by atoms with Crippen LogP contribution in [-0.2, 0) is 16.0 Å². The minimum Gasteiger partial charge on any atom is -0.462 e. The quantitative estimate of drug-likeness (QED) is 0.215. The Morgan fingerprint density at radius 3 is 2.45 bits per heavy atom. The van der Waals surface area contributed by atoms with Crippen molar-refractivity contribution >= 4 is 5.97 Å². The van der Waals surface area contributed by atoms with E-state index in [0.717, 1.165) is 59.8 Å². The average molecular weight is 547 g/mol. The zero-order valence-corrected chi connectivity index (χ0v) is 26.6. The minimum absolute atomic E-state index is 0.0556. The number of allylic oxidation sites excluding steroid dienone is 1. The number of benzene rings is 1. The van der Waals surface area contributed by atoms with Crippen LogP contribution in [0.15, 0.2) is 42.0 Å². The van der Waals surface area contributed by atoms with Crippen LogP contribution in [-0.4, -0.2) is 12.1 Å². The van der Waals surface area contributed by atoms with E-state index in [1.807, 2.05) is 30.3 Å². The van der Waals surface area contributed by atoms with Gasteiger partial charge in [-0.25, -0.2) is 0 Å². The van der Waals surface area contributed by atoms with E-state index >= 15 is 0 Å². The van der Waals surface area contributed by atoms with Crippen molar-refractivity contribution in [1.82, 2.24) is 0 Å². The maximum absolute atomic E-state index is 12.7. The van der Waals surface area contributed by atoms with Gasteiger partial charge < -0.3 is 4.74 Å². The molecule has 222 valence electrons. The molecule has 0 spiro atoms. The van der Waals surface area contributed by atoms with Crippen molar-refractivity contribution in [1.29, 1.82) is 0 Å². The van der Waals surface area contributed by atoms with Crippen LogP contribution in [0, 0.1) is 52.3 Å². The van der Waals surface area contributed by atoms with Crippen LogP contribution in [0.5, 0.6) is 0 Å². The first kappa shape index (κ1) is 29.9. The monoisotopic (exact) mass is 546 g/mol. The molecule has 9 atom stereocenters. The summed E-state index contributed by atoms with van der Waals surface area (Å²) in [5.41, 5.74) is 3.49. The van der Waals surface area contributed by atoms with Gasteiger partial charge in [-0.2, -0.15) is 0 Å². The molecule has 5 rings (SSSR count). The third kappa shape index (κ3) is 5.85. The van der Waals surface area contributed by atoms with Crippen molar-refractivity contribution in [2.75, 3.05) is 0 Å². The number of hydrogen-bond donors (Lipinski definition) is 0. The van der Waals surface area contributed by atoms with E-state index in [4.69, 9.17) is 4.74 Å². The Bertz CT molecular complexity index is 1030. The van der Waals surface area contributed by atoms with Crippen LogP contribution >= 0.6 is 0 Å². The molecule has 0 saturated heterocycles. The Morgan fingerprint density at radius 1 is 0.950 bits per heavy atom. The van der Waals surface area contributed by atoms with Gasteiger partial charge in [0.05, 0.1) is 6.42 Å². The fourth-order valence-electron chi connectivity index (χ4n) is 10.6. The van der Waals surface area contributed by atoms with E-state index in [0.29, 0.717) is 17.3 Å². The molecule has 3 fully saturated rings. The van der Waals surface area contributed by atoms with Crippen molar-refractivity contribution in [3.05, 3.63) is 47.5 Å². The molecule has 4 aliphatic rings. The molecule has 0 radical (unpaired) electrons. The van der Waals surface area contributed by atoms with Crippen LogP contribution in [0.3, 0.4) is 0 Å². The summed E-state index contributed by atoms with van der Waals surface area (Å²) in [5.74, 6) is 5.99. The van der Waals surface area contributed by atoms with Gasteiger partial charge >= 0.3 is 5.97 Å². The highest BCUT2D eigenvalue weighted by Crippen LogP contribution is 2.67. The normalized spacial score (nSPS) is 36.7. The van der Waals surface area contributed by atoms with Gasteiger partial charge in [-0.1, -0.05) is 103 Å². The van der Waals surface area contributed by atoms with Crippen LogP contribution < -0.4 is 0 Å². The molecule has 0 amide bonds. The number of esters is 1. The molecule has 1 aromatic rings. The molecular weight excluding hydrogens is 488 g/mol. The van der Waals surface area contributed by atoms with E-state index in [2.05, 4.69) is 47.6 Å². The second-order valence-corrected chi connectivity index (χ2v) is 15.4. The predicted octanol–water partition coefficient (Wildman–Crippen LogP) is 10.2. The topological polar surface area (TPSA) is 26.3 Å². The first-order chi connectivity index (χ1) is 19.2. The number of carbonyl (C=O) groups excluding carboxylic acids is 1. The molecule has 0 N–H and O–H groups in total. The highest BCUT2D eigenvalue weighted by atomic mass is 16.5. The maximum Gasteiger partial charge on any atom is 0.310 e. The molecule has 4 aliphatic carbocycles. The second-order valence-electron chi connectivity index (χ2n) is 15.4. The predicted molar refractivity (Wildman–Crippen MR) is 167 cm³/mol. The molecule has 0 bridgehead atoms. The van der Waals surface area contributed by atoms with Crippen LogP contribution in [0.2, 0.25) is 0 Å². The van der Waals surface area contributed by atoms with E-state index in [1.54, 1.807) is 5.57 Å². The van der Waals surface area contributed by atoms with Gasteiger partial charge in [0.1, 0.15) is 6.10 Å². The van der Waals surface area contributed by atoms with Gasteiger partial charge in [0.25, 0.3) is 0 Å². The number of ether oxygens (including phenoxy) is 1. The van der Waals surface area contributed by atoms with E-state index in [9.17, 15) is 4.79 Å². The van der Waals surface area contributed by atoms with Gasteiger partial charge in [-0.05, 0) is 109 Å². The summed E-state index contributed by atoms with van der Waals surface area (Å²) in [6.07, 6.45) is 18.8. The fourth-order valence-corrected chi connectivity index (χ4v) is 10.6. The largest absolute Gasteiger partial charge is 0.462 e.